The number of thioether (sulfide) groups is 1. The molecule has 0 radical (unpaired) electrons. The summed E-state index contributed by atoms with van der Waals surface area (Å²) in [5.74, 6) is 0.909. The fraction of sp³-hybridized carbons (Fsp3) is 0.167. The summed E-state index contributed by atoms with van der Waals surface area (Å²) in [5, 5.41) is 3.56. The van der Waals surface area contributed by atoms with E-state index in [1.807, 2.05) is 6.07 Å². The molecule has 3 aromatic rings. The van der Waals surface area contributed by atoms with Gasteiger partial charge < -0.3 is 4.98 Å². The SMILES string of the molecule is Cn1[nH]c(=O)nc1SCc1nc2c(Br)cc(Br)cc2c(=O)[nH]1. The number of rotatable bonds is 3. The number of nitrogens with zero attached hydrogens (tertiary/aromatic N) is 3. The predicted molar refractivity (Wildman–Crippen MR) is 91.2 cm³/mol. The van der Waals surface area contributed by atoms with Crippen LogP contribution in [0.1, 0.15) is 5.82 Å². The molecule has 0 aliphatic carbocycles. The van der Waals surface area contributed by atoms with Crippen LogP contribution >= 0.6 is 43.6 Å². The van der Waals surface area contributed by atoms with Gasteiger partial charge in [-0.05, 0) is 28.1 Å². The van der Waals surface area contributed by atoms with Crippen molar-refractivity contribution in [2.24, 2.45) is 7.05 Å². The second-order valence-corrected chi connectivity index (χ2v) is 7.17. The van der Waals surface area contributed by atoms with Crippen molar-refractivity contribution in [3.8, 4) is 0 Å². The molecule has 0 spiro atoms. The minimum atomic E-state index is -0.405. The highest BCUT2D eigenvalue weighted by Crippen LogP contribution is 2.26. The van der Waals surface area contributed by atoms with Gasteiger partial charge in [0.15, 0.2) is 5.16 Å². The number of aromatic amines is 2. The molecule has 0 amide bonds. The quantitative estimate of drug-likeness (QED) is 0.601. The first kappa shape index (κ1) is 15.5. The zero-order valence-corrected chi connectivity index (χ0v) is 15.2. The van der Waals surface area contributed by atoms with Gasteiger partial charge in [-0.15, -0.1) is 0 Å². The lowest BCUT2D eigenvalue weighted by Gasteiger charge is -2.05. The molecule has 0 aliphatic rings. The van der Waals surface area contributed by atoms with Crippen LogP contribution in [0, 0.1) is 0 Å². The minimum absolute atomic E-state index is 0.210. The highest BCUT2D eigenvalue weighted by Gasteiger charge is 2.10. The number of H-pyrrole nitrogens is 2. The second kappa shape index (κ2) is 6.01. The molecule has 0 saturated heterocycles. The van der Waals surface area contributed by atoms with Crippen molar-refractivity contribution in [3.05, 3.63) is 47.7 Å². The lowest BCUT2D eigenvalue weighted by Crippen LogP contribution is -2.11. The fourth-order valence-electron chi connectivity index (χ4n) is 1.92. The van der Waals surface area contributed by atoms with Crippen LogP contribution in [0.2, 0.25) is 0 Å². The Morgan fingerprint density at radius 1 is 1.27 bits per heavy atom. The van der Waals surface area contributed by atoms with E-state index in [0.29, 0.717) is 27.6 Å². The molecule has 0 aliphatic heterocycles. The number of aromatic nitrogens is 5. The Morgan fingerprint density at radius 3 is 2.73 bits per heavy atom. The smallest absolute Gasteiger partial charge is 0.309 e. The summed E-state index contributed by atoms with van der Waals surface area (Å²) in [6.07, 6.45) is 0. The summed E-state index contributed by atoms with van der Waals surface area (Å²) in [5.41, 5.74) is -0.0189. The maximum atomic E-state index is 12.2. The number of hydrogen-bond acceptors (Lipinski definition) is 5. The molecule has 0 saturated carbocycles. The van der Waals surface area contributed by atoms with E-state index < -0.39 is 5.69 Å². The summed E-state index contributed by atoms with van der Waals surface area (Å²) >= 11 is 8.07. The lowest BCUT2D eigenvalue weighted by molar-refractivity contribution is 0.681. The van der Waals surface area contributed by atoms with E-state index in [4.69, 9.17) is 0 Å². The van der Waals surface area contributed by atoms with Crippen molar-refractivity contribution in [1.82, 2.24) is 24.7 Å². The molecule has 0 fully saturated rings. The van der Waals surface area contributed by atoms with E-state index in [1.165, 1.54) is 16.4 Å². The van der Waals surface area contributed by atoms with E-state index in [-0.39, 0.29) is 5.56 Å². The van der Waals surface area contributed by atoms with Crippen molar-refractivity contribution in [2.75, 3.05) is 0 Å². The largest absolute Gasteiger partial charge is 0.362 e. The molecule has 3 rings (SSSR count). The Hall–Kier alpha value is -1.39. The van der Waals surface area contributed by atoms with Crippen molar-refractivity contribution in [2.45, 2.75) is 10.9 Å². The molecular formula is C12H9Br2N5O2S. The molecule has 114 valence electrons. The predicted octanol–water partition coefficient (Wildman–Crippen LogP) is 2.16. The number of nitrogens with one attached hydrogen (secondary N) is 2. The summed E-state index contributed by atoms with van der Waals surface area (Å²) in [6, 6.07) is 3.56. The van der Waals surface area contributed by atoms with Gasteiger partial charge in [-0.2, -0.15) is 4.98 Å². The normalized spacial score (nSPS) is 11.2. The maximum Gasteiger partial charge on any atom is 0.362 e. The van der Waals surface area contributed by atoms with Crippen LogP contribution in [-0.2, 0) is 12.8 Å². The van der Waals surface area contributed by atoms with Gasteiger partial charge in [0.1, 0.15) is 5.82 Å². The van der Waals surface area contributed by atoms with Crippen molar-refractivity contribution < 1.29 is 0 Å². The van der Waals surface area contributed by atoms with Crippen LogP contribution in [0.3, 0.4) is 0 Å². The summed E-state index contributed by atoms with van der Waals surface area (Å²) < 4.78 is 3.06. The van der Waals surface area contributed by atoms with Gasteiger partial charge in [0.05, 0.1) is 16.7 Å². The Morgan fingerprint density at radius 2 is 2.05 bits per heavy atom. The van der Waals surface area contributed by atoms with Crippen molar-refractivity contribution >= 4 is 54.5 Å². The van der Waals surface area contributed by atoms with Gasteiger partial charge in [0.25, 0.3) is 5.56 Å². The first-order chi connectivity index (χ1) is 10.4. The highest BCUT2D eigenvalue weighted by atomic mass is 79.9. The van der Waals surface area contributed by atoms with Gasteiger partial charge in [-0.1, -0.05) is 27.7 Å². The minimum Gasteiger partial charge on any atom is -0.309 e. The topological polar surface area (TPSA) is 96.4 Å². The Balaban J connectivity index is 1.97. The van der Waals surface area contributed by atoms with Gasteiger partial charge >= 0.3 is 5.69 Å². The molecule has 2 aromatic heterocycles. The standard InChI is InChI=1S/C12H9Br2N5O2S/c1-19-12(17-11(21)18-19)22-4-8-15-9-6(10(20)16-8)2-5(13)3-7(9)14/h2-3H,4H2,1H3,(H,18,21)(H,15,16,20). The third-order valence-corrected chi connectivity index (χ3v) is 4.97. The highest BCUT2D eigenvalue weighted by molar-refractivity contribution is 9.11. The van der Waals surface area contributed by atoms with Crippen LogP contribution in [0.15, 0.2) is 35.8 Å². The van der Waals surface area contributed by atoms with E-state index >= 15 is 0 Å². The molecule has 2 N–H and O–H groups in total. The Kier molecular flexibility index (Phi) is 4.24. The van der Waals surface area contributed by atoms with Crippen LogP contribution in [-0.4, -0.2) is 24.7 Å². The average molecular weight is 447 g/mol. The summed E-state index contributed by atoms with van der Waals surface area (Å²) in [4.78, 5) is 34.3. The first-order valence-corrected chi connectivity index (χ1v) is 8.65. The van der Waals surface area contributed by atoms with Crippen LogP contribution < -0.4 is 11.2 Å². The number of hydrogen-bond donors (Lipinski definition) is 2. The summed E-state index contributed by atoms with van der Waals surface area (Å²) in [6.45, 7) is 0. The monoisotopic (exact) mass is 445 g/mol. The number of benzene rings is 1. The molecule has 22 heavy (non-hydrogen) atoms. The average Bonchev–Trinajstić information content (AvgIpc) is 2.76. The van der Waals surface area contributed by atoms with E-state index in [2.05, 4.69) is 51.9 Å². The van der Waals surface area contributed by atoms with Gasteiger partial charge in [0.2, 0.25) is 0 Å². The fourth-order valence-corrected chi connectivity index (χ4v) is 4.03. The van der Waals surface area contributed by atoms with E-state index in [0.717, 1.165) is 8.95 Å². The number of halogens is 2. The third kappa shape index (κ3) is 3.03. The van der Waals surface area contributed by atoms with Crippen molar-refractivity contribution in [3.63, 3.8) is 0 Å². The van der Waals surface area contributed by atoms with Crippen molar-refractivity contribution in [1.29, 1.82) is 0 Å². The van der Waals surface area contributed by atoms with Crippen LogP contribution in [0.25, 0.3) is 10.9 Å². The van der Waals surface area contributed by atoms with Gasteiger partial charge in [-0.25, -0.2) is 14.9 Å². The molecular weight excluding hydrogens is 438 g/mol. The zero-order chi connectivity index (χ0) is 15.9. The zero-order valence-electron chi connectivity index (χ0n) is 11.2. The lowest BCUT2D eigenvalue weighted by atomic mass is 10.2. The van der Waals surface area contributed by atoms with Crippen LogP contribution in [0.5, 0.6) is 0 Å². The molecule has 0 unspecified atom stereocenters. The third-order valence-electron chi connectivity index (χ3n) is 2.86. The molecule has 7 nitrogen and oxygen atoms in total. The Bertz CT molecular complexity index is 978. The Labute approximate surface area is 144 Å². The molecule has 2 heterocycles. The van der Waals surface area contributed by atoms with E-state index in [9.17, 15) is 9.59 Å². The first-order valence-electron chi connectivity index (χ1n) is 6.08. The van der Waals surface area contributed by atoms with E-state index in [1.54, 1.807) is 13.1 Å². The second-order valence-electron chi connectivity index (χ2n) is 4.46. The maximum absolute atomic E-state index is 12.2. The molecule has 0 atom stereocenters. The molecule has 1 aromatic carbocycles. The molecule has 10 heteroatoms. The summed E-state index contributed by atoms with van der Waals surface area (Å²) in [7, 11) is 1.70. The molecule has 0 bridgehead atoms. The number of aryl methyl sites for hydroxylation is 1. The van der Waals surface area contributed by atoms with Gasteiger partial charge in [0, 0.05) is 16.0 Å². The van der Waals surface area contributed by atoms with Gasteiger partial charge in [-0.3, -0.25) is 9.48 Å². The number of fused-ring (bicyclic) bond motifs is 1. The van der Waals surface area contributed by atoms with Crippen LogP contribution in [0.4, 0.5) is 0 Å².